The average molecular weight is 457 g/mol. The van der Waals surface area contributed by atoms with Crippen molar-refractivity contribution in [1.29, 1.82) is 0 Å². The number of aryl methyl sites for hydroxylation is 2. The number of carbonyl (C=O) groups excluding carboxylic acids is 1. The summed E-state index contributed by atoms with van der Waals surface area (Å²) in [6.45, 7) is 4.57. The molecule has 0 saturated heterocycles. The quantitative estimate of drug-likeness (QED) is 0.340. The molecule has 0 fully saturated rings. The van der Waals surface area contributed by atoms with Gasteiger partial charge in [0.05, 0.1) is 17.8 Å². The van der Waals surface area contributed by atoms with Crippen LogP contribution in [0, 0.1) is 13.8 Å². The molecule has 1 amide bonds. The number of rotatable bonds is 6. The van der Waals surface area contributed by atoms with E-state index in [2.05, 4.69) is 63.6 Å². The number of ether oxygens (including phenoxy) is 1. The number of carbonyl (C=O) groups is 1. The van der Waals surface area contributed by atoms with E-state index in [-0.39, 0.29) is 17.8 Å². The molecule has 3 heterocycles. The number of amides is 1. The van der Waals surface area contributed by atoms with Crippen molar-refractivity contribution in [3.63, 3.8) is 0 Å². The van der Waals surface area contributed by atoms with Crippen LogP contribution in [0.1, 0.15) is 16.8 Å². The Balaban J connectivity index is 1.28. The monoisotopic (exact) mass is 456 g/mol. The van der Waals surface area contributed by atoms with E-state index >= 15 is 0 Å². The molecule has 33 heavy (non-hydrogen) atoms. The van der Waals surface area contributed by atoms with Gasteiger partial charge in [0.2, 0.25) is 5.91 Å². The predicted octanol–water partition coefficient (Wildman–Crippen LogP) is 4.52. The third-order valence-corrected chi connectivity index (χ3v) is 6.46. The number of nitrogens with one attached hydrogen (secondary N) is 1. The molecule has 1 unspecified atom stereocenters. The van der Waals surface area contributed by atoms with Gasteiger partial charge in [-0.05, 0) is 60.9 Å². The molecule has 2 aromatic heterocycles. The van der Waals surface area contributed by atoms with Crippen LogP contribution in [0.25, 0.3) is 22.0 Å². The molecule has 0 saturated carbocycles. The molecule has 1 atom stereocenters. The van der Waals surface area contributed by atoms with Gasteiger partial charge in [0, 0.05) is 35.5 Å². The lowest BCUT2D eigenvalue weighted by Gasteiger charge is -2.14. The largest absolute Gasteiger partial charge is 0.487 e. The van der Waals surface area contributed by atoms with Gasteiger partial charge in [-0.1, -0.05) is 30.0 Å². The third-order valence-electron chi connectivity index (χ3n) is 5.58. The minimum absolute atomic E-state index is 0.0549. The number of nitrogens with zero attached hydrogens (tertiary/aromatic N) is 3. The Bertz CT molecular complexity index is 1330. The van der Waals surface area contributed by atoms with E-state index in [4.69, 9.17) is 4.74 Å². The summed E-state index contributed by atoms with van der Waals surface area (Å²) in [6, 6.07) is 16.6. The summed E-state index contributed by atoms with van der Waals surface area (Å²) in [4.78, 5) is 25.2. The molecular weight excluding hydrogens is 432 g/mol. The van der Waals surface area contributed by atoms with Gasteiger partial charge in [-0.2, -0.15) is 0 Å². The molecule has 0 bridgehead atoms. The molecule has 0 spiro atoms. The van der Waals surface area contributed by atoms with Crippen molar-refractivity contribution in [2.24, 2.45) is 0 Å². The number of hydrogen-bond acceptors (Lipinski definition) is 6. The van der Waals surface area contributed by atoms with E-state index in [9.17, 15) is 4.79 Å². The highest BCUT2D eigenvalue weighted by Crippen LogP contribution is 2.40. The van der Waals surface area contributed by atoms with Crippen molar-refractivity contribution in [2.75, 3.05) is 12.3 Å². The lowest BCUT2D eigenvalue weighted by Crippen LogP contribution is -2.35. The van der Waals surface area contributed by atoms with Crippen LogP contribution in [0.15, 0.2) is 66.1 Å². The number of aromatic nitrogens is 3. The lowest BCUT2D eigenvalue weighted by atomic mass is 9.97. The molecule has 1 aliphatic rings. The number of fused-ring (bicyclic) bond motifs is 2. The second-order valence-electron chi connectivity index (χ2n) is 8.23. The number of benzene rings is 2. The summed E-state index contributed by atoms with van der Waals surface area (Å²) in [7, 11) is 0. The van der Waals surface area contributed by atoms with E-state index in [0.29, 0.717) is 11.7 Å². The highest BCUT2D eigenvalue weighted by Gasteiger charge is 2.27. The fourth-order valence-electron chi connectivity index (χ4n) is 4.08. The zero-order valence-electron chi connectivity index (χ0n) is 18.5. The average Bonchev–Trinajstić information content (AvgIpc) is 3.24. The number of thioether (sulfide) groups is 1. The maximum absolute atomic E-state index is 12.3. The van der Waals surface area contributed by atoms with E-state index in [1.807, 2.05) is 13.0 Å². The van der Waals surface area contributed by atoms with Crippen LogP contribution in [0.5, 0.6) is 5.75 Å². The Hall–Kier alpha value is -3.45. The molecule has 1 aliphatic heterocycles. The smallest absolute Gasteiger partial charge is 0.230 e. The SMILES string of the molecule is Cc1cc2c(c(-c3ccc4nc(C)ccc4c3)c1)OC(CNC(=O)CSc1ncccn1)C2. The maximum Gasteiger partial charge on any atom is 0.230 e. The van der Waals surface area contributed by atoms with Crippen molar-refractivity contribution < 1.29 is 9.53 Å². The Morgan fingerprint density at radius 1 is 1.12 bits per heavy atom. The summed E-state index contributed by atoms with van der Waals surface area (Å²) in [5.41, 5.74) is 6.56. The fourth-order valence-corrected chi connectivity index (χ4v) is 4.72. The van der Waals surface area contributed by atoms with Gasteiger partial charge in [-0.25, -0.2) is 9.97 Å². The molecule has 7 heteroatoms. The molecule has 0 aliphatic carbocycles. The standard InChI is InChI=1S/C26H24N4O2S/c1-16-10-20-13-21(14-29-24(31)15-33-26-27-8-3-9-28-26)32-25(20)22(11-16)18-6-7-23-19(12-18)5-4-17(2)30-23/h3-12,21H,13-15H2,1-2H3,(H,29,31). The first-order valence-corrected chi connectivity index (χ1v) is 11.9. The van der Waals surface area contributed by atoms with Gasteiger partial charge in [-0.3, -0.25) is 9.78 Å². The Labute approximate surface area is 196 Å². The molecule has 166 valence electrons. The summed E-state index contributed by atoms with van der Waals surface area (Å²) in [5.74, 6) is 1.13. The van der Waals surface area contributed by atoms with Crippen molar-refractivity contribution in [3.05, 3.63) is 77.7 Å². The highest BCUT2D eigenvalue weighted by molar-refractivity contribution is 7.99. The van der Waals surface area contributed by atoms with Crippen LogP contribution in [0.2, 0.25) is 0 Å². The van der Waals surface area contributed by atoms with Gasteiger partial charge >= 0.3 is 0 Å². The van der Waals surface area contributed by atoms with Crippen LogP contribution in [0.3, 0.4) is 0 Å². The second kappa shape index (κ2) is 9.19. The Kier molecular flexibility index (Phi) is 5.96. The van der Waals surface area contributed by atoms with Gasteiger partial charge in [-0.15, -0.1) is 0 Å². The molecule has 5 rings (SSSR count). The Morgan fingerprint density at radius 3 is 2.82 bits per heavy atom. The van der Waals surface area contributed by atoms with Crippen LogP contribution in [-0.4, -0.2) is 39.3 Å². The minimum Gasteiger partial charge on any atom is -0.487 e. The molecule has 0 radical (unpaired) electrons. The Morgan fingerprint density at radius 2 is 1.97 bits per heavy atom. The molecular formula is C26H24N4O2S. The van der Waals surface area contributed by atoms with Crippen LogP contribution in [-0.2, 0) is 11.2 Å². The van der Waals surface area contributed by atoms with E-state index in [0.717, 1.165) is 39.9 Å². The molecule has 2 aromatic carbocycles. The van der Waals surface area contributed by atoms with Gasteiger partial charge in [0.15, 0.2) is 5.16 Å². The zero-order valence-corrected chi connectivity index (χ0v) is 19.4. The zero-order chi connectivity index (χ0) is 22.8. The molecule has 6 nitrogen and oxygen atoms in total. The van der Waals surface area contributed by atoms with Crippen LogP contribution < -0.4 is 10.1 Å². The number of pyridine rings is 1. The second-order valence-corrected chi connectivity index (χ2v) is 9.17. The summed E-state index contributed by atoms with van der Waals surface area (Å²) in [5, 5.41) is 4.69. The lowest BCUT2D eigenvalue weighted by molar-refractivity contribution is -0.118. The fraction of sp³-hybridized carbons (Fsp3) is 0.231. The minimum atomic E-state index is -0.0905. The highest BCUT2D eigenvalue weighted by atomic mass is 32.2. The van der Waals surface area contributed by atoms with Crippen LogP contribution >= 0.6 is 11.8 Å². The first-order chi connectivity index (χ1) is 16.0. The predicted molar refractivity (Wildman–Crippen MR) is 131 cm³/mol. The van der Waals surface area contributed by atoms with E-state index in [1.54, 1.807) is 18.5 Å². The summed E-state index contributed by atoms with van der Waals surface area (Å²) < 4.78 is 6.33. The van der Waals surface area contributed by atoms with Crippen molar-refractivity contribution in [3.8, 4) is 16.9 Å². The topological polar surface area (TPSA) is 77.0 Å². The number of hydrogen-bond donors (Lipinski definition) is 1. The van der Waals surface area contributed by atoms with Gasteiger partial charge in [0.1, 0.15) is 11.9 Å². The first-order valence-electron chi connectivity index (χ1n) is 10.9. The third kappa shape index (κ3) is 4.83. The van der Waals surface area contributed by atoms with Gasteiger partial charge < -0.3 is 10.1 Å². The first kappa shape index (κ1) is 21.4. The molecule has 4 aromatic rings. The molecule has 1 N–H and O–H groups in total. The van der Waals surface area contributed by atoms with Crippen molar-refractivity contribution in [1.82, 2.24) is 20.3 Å². The normalized spacial score (nSPS) is 14.7. The van der Waals surface area contributed by atoms with Gasteiger partial charge in [0.25, 0.3) is 0 Å². The van der Waals surface area contributed by atoms with Crippen molar-refractivity contribution >= 4 is 28.6 Å². The summed E-state index contributed by atoms with van der Waals surface area (Å²) in [6.07, 6.45) is 4.02. The maximum atomic E-state index is 12.3. The van der Waals surface area contributed by atoms with Crippen molar-refractivity contribution in [2.45, 2.75) is 31.5 Å². The van der Waals surface area contributed by atoms with Crippen LogP contribution in [0.4, 0.5) is 0 Å². The van der Waals surface area contributed by atoms with E-state index in [1.165, 1.54) is 22.9 Å². The summed E-state index contributed by atoms with van der Waals surface area (Å²) >= 11 is 1.32. The van der Waals surface area contributed by atoms with E-state index < -0.39 is 0 Å².